The van der Waals surface area contributed by atoms with Gasteiger partial charge >= 0.3 is 0 Å². The summed E-state index contributed by atoms with van der Waals surface area (Å²) in [4.78, 5) is 11.8. The van der Waals surface area contributed by atoms with Crippen molar-refractivity contribution in [2.24, 2.45) is 11.8 Å². The van der Waals surface area contributed by atoms with Crippen LogP contribution in [0.4, 0.5) is 17.2 Å². The third kappa shape index (κ3) is 5.61. The van der Waals surface area contributed by atoms with Crippen molar-refractivity contribution in [1.29, 1.82) is 0 Å². The van der Waals surface area contributed by atoms with Crippen LogP contribution >= 0.6 is 0 Å². The summed E-state index contributed by atoms with van der Waals surface area (Å²) >= 11 is 0. The average Bonchev–Trinajstić information content (AvgIpc) is 3.24. The van der Waals surface area contributed by atoms with Crippen LogP contribution in [-0.2, 0) is 0 Å². The summed E-state index contributed by atoms with van der Waals surface area (Å²) < 4.78 is 0. The predicted molar refractivity (Wildman–Crippen MR) is 166 cm³/mol. The van der Waals surface area contributed by atoms with Gasteiger partial charge in [0.1, 0.15) is 11.4 Å². The first-order chi connectivity index (χ1) is 20.3. The summed E-state index contributed by atoms with van der Waals surface area (Å²) in [6.45, 7) is 9.76. The van der Waals surface area contributed by atoms with E-state index in [1.165, 1.54) is 0 Å². The van der Waals surface area contributed by atoms with Crippen LogP contribution in [0.1, 0.15) is 45.7 Å². The van der Waals surface area contributed by atoms with Crippen LogP contribution in [0.2, 0.25) is 0 Å². The summed E-state index contributed by atoms with van der Waals surface area (Å²) in [6.07, 6.45) is 4.63. The number of benzene rings is 1. The molecule has 3 saturated heterocycles. The van der Waals surface area contributed by atoms with Gasteiger partial charge in [0, 0.05) is 55.2 Å². The molecule has 3 aromatic rings. The highest BCUT2D eigenvalue weighted by atomic mass is 16.3. The van der Waals surface area contributed by atoms with Crippen molar-refractivity contribution in [1.82, 2.24) is 20.1 Å². The molecule has 0 saturated carbocycles. The van der Waals surface area contributed by atoms with E-state index in [2.05, 4.69) is 74.6 Å². The van der Waals surface area contributed by atoms with E-state index in [4.69, 9.17) is 5.73 Å². The number of nitrogens with two attached hydrogens (primary N) is 1. The number of para-hydroxylation sites is 1. The second kappa shape index (κ2) is 11.8. The molecule has 6 rings (SSSR count). The number of anilines is 3. The number of phenolic OH excluding ortho intramolecular Hbond substituents is 1. The normalized spacial score (nSPS) is 25.9. The molecule has 9 nitrogen and oxygen atoms in total. The van der Waals surface area contributed by atoms with Crippen molar-refractivity contribution in [2.75, 3.05) is 41.7 Å². The van der Waals surface area contributed by atoms with Crippen LogP contribution in [0.25, 0.3) is 11.3 Å². The summed E-state index contributed by atoms with van der Waals surface area (Å²) in [7, 11) is 0. The molecule has 0 radical (unpaired) electrons. The Hall–Kier alpha value is -3.87. The number of fused-ring (bicyclic) bond motifs is 2. The van der Waals surface area contributed by atoms with Crippen molar-refractivity contribution in [3.63, 3.8) is 0 Å². The van der Waals surface area contributed by atoms with Gasteiger partial charge in [-0.1, -0.05) is 31.9 Å². The third-order valence-corrected chi connectivity index (χ3v) is 9.35. The standard InChI is InChI=1S/C33H41N7O2/c1-21(2)28-20-38(22(3)15-32(28)42)14-6-7-23-16-24(12-13-35-23)40-25-10-11-26(40)19-39(18-25)30-17-29(36-37-33(30)34)27-8-4-5-9-31(27)41/h4-5,8-9,12-13,16-17,21-22,25-26,28,32,41-42H,10-11,14-15,18-20H2,1-3H3,(H2,34,37)/t22?,25?,26?,28-,32-/m1/s1. The van der Waals surface area contributed by atoms with Crippen molar-refractivity contribution >= 4 is 17.2 Å². The molecular weight excluding hydrogens is 526 g/mol. The molecule has 0 amide bonds. The van der Waals surface area contributed by atoms with Crippen molar-refractivity contribution in [3.8, 4) is 28.8 Å². The lowest BCUT2D eigenvalue weighted by Gasteiger charge is -2.43. The fourth-order valence-corrected chi connectivity index (χ4v) is 6.99. The van der Waals surface area contributed by atoms with E-state index in [0.29, 0.717) is 47.7 Å². The van der Waals surface area contributed by atoms with Crippen LogP contribution in [0.15, 0.2) is 48.7 Å². The van der Waals surface area contributed by atoms with Gasteiger partial charge in [-0.05, 0) is 74.3 Å². The van der Waals surface area contributed by atoms with E-state index in [9.17, 15) is 10.2 Å². The minimum absolute atomic E-state index is 0.174. The number of aliphatic hydroxyl groups excluding tert-OH is 1. The summed E-state index contributed by atoms with van der Waals surface area (Å²) in [5, 5.41) is 29.3. The van der Waals surface area contributed by atoms with Crippen molar-refractivity contribution in [2.45, 2.75) is 64.3 Å². The molecule has 1 aromatic carbocycles. The zero-order valence-corrected chi connectivity index (χ0v) is 24.7. The fraction of sp³-hybridized carbons (Fsp3) is 0.485. The molecule has 5 atom stereocenters. The van der Waals surface area contributed by atoms with Gasteiger partial charge in [-0.15, -0.1) is 10.2 Å². The third-order valence-electron chi connectivity index (χ3n) is 9.35. The van der Waals surface area contributed by atoms with E-state index in [1.54, 1.807) is 12.1 Å². The van der Waals surface area contributed by atoms with Gasteiger partial charge in [0.15, 0.2) is 5.82 Å². The zero-order chi connectivity index (χ0) is 29.4. The molecule has 0 spiro atoms. The lowest BCUT2D eigenvalue weighted by Crippen LogP contribution is -2.54. The molecule has 4 N–H and O–H groups in total. The number of likely N-dealkylation sites (tertiary alicyclic amines) is 1. The van der Waals surface area contributed by atoms with Crippen molar-refractivity contribution in [3.05, 3.63) is 54.4 Å². The Balaban J connectivity index is 1.15. The molecular formula is C33H41N7O2. The number of phenols is 1. The maximum atomic E-state index is 10.5. The number of pyridine rings is 1. The Kier molecular flexibility index (Phi) is 7.93. The van der Waals surface area contributed by atoms with Crippen molar-refractivity contribution < 1.29 is 10.2 Å². The fourth-order valence-electron chi connectivity index (χ4n) is 6.99. The Labute approximate surface area is 248 Å². The highest BCUT2D eigenvalue weighted by molar-refractivity contribution is 5.74. The minimum atomic E-state index is -0.232. The molecule has 42 heavy (non-hydrogen) atoms. The molecule has 3 fully saturated rings. The first-order valence-corrected chi connectivity index (χ1v) is 15.1. The molecule has 2 aromatic heterocycles. The molecule has 3 aliphatic rings. The SMILES string of the molecule is CC(C)[C@H]1CN(CC#Cc2cc(N3C4CCC3CN(c3cc(-c5ccccc5O)nnc3N)C4)ccn2)C(C)C[C@H]1O. The van der Waals surface area contributed by atoms with E-state index >= 15 is 0 Å². The smallest absolute Gasteiger partial charge is 0.169 e. The second-order valence-electron chi connectivity index (χ2n) is 12.4. The number of hydrogen-bond acceptors (Lipinski definition) is 9. The number of piperidine rings is 1. The zero-order valence-electron chi connectivity index (χ0n) is 24.7. The van der Waals surface area contributed by atoms with Gasteiger partial charge in [-0.25, -0.2) is 4.98 Å². The van der Waals surface area contributed by atoms with Gasteiger partial charge in [0.25, 0.3) is 0 Å². The van der Waals surface area contributed by atoms with Crippen LogP contribution < -0.4 is 15.5 Å². The largest absolute Gasteiger partial charge is 0.507 e. The topological polar surface area (TPSA) is 115 Å². The van der Waals surface area contributed by atoms with E-state index in [0.717, 1.165) is 56.0 Å². The number of rotatable bonds is 5. The molecule has 3 aliphatic heterocycles. The number of piperazine rings is 1. The first-order valence-electron chi connectivity index (χ1n) is 15.1. The van der Waals surface area contributed by atoms with Crippen LogP contribution in [0, 0.1) is 23.7 Å². The van der Waals surface area contributed by atoms with Gasteiger partial charge in [-0.2, -0.15) is 0 Å². The van der Waals surface area contributed by atoms with Gasteiger partial charge in [0.2, 0.25) is 0 Å². The number of aromatic hydroxyl groups is 1. The van der Waals surface area contributed by atoms with Gasteiger partial charge in [0.05, 0.1) is 24.0 Å². The molecule has 5 heterocycles. The highest BCUT2D eigenvalue weighted by Crippen LogP contribution is 2.39. The van der Waals surface area contributed by atoms with Gasteiger partial charge < -0.3 is 25.7 Å². The van der Waals surface area contributed by atoms with E-state index in [1.807, 2.05) is 24.4 Å². The molecule has 220 valence electrons. The summed E-state index contributed by atoms with van der Waals surface area (Å²) in [5.41, 5.74) is 10.4. The maximum absolute atomic E-state index is 10.5. The quantitative estimate of drug-likeness (QED) is 0.397. The highest BCUT2D eigenvalue weighted by Gasteiger charge is 2.41. The Morgan fingerprint density at radius 1 is 1.05 bits per heavy atom. The van der Waals surface area contributed by atoms with Crippen LogP contribution in [-0.4, -0.2) is 80.7 Å². The average molecular weight is 568 g/mol. The maximum Gasteiger partial charge on any atom is 0.169 e. The van der Waals surface area contributed by atoms with Crippen LogP contribution in [0.5, 0.6) is 5.75 Å². The minimum Gasteiger partial charge on any atom is -0.507 e. The lowest BCUT2D eigenvalue weighted by molar-refractivity contribution is -0.0144. The molecule has 9 heteroatoms. The van der Waals surface area contributed by atoms with E-state index < -0.39 is 0 Å². The summed E-state index contributed by atoms with van der Waals surface area (Å²) in [6, 6.07) is 14.3. The van der Waals surface area contributed by atoms with E-state index in [-0.39, 0.29) is 17.8 Å². The second-order valence-corrected chi connectivity index (χ2v) is 12.4. The Bertz CT molecular complexity index is 1470. The lowest BCUT2D eigenvalue weighted by atomic mass is 9.83. The molecule has 0 aliphatic carbocycles. The Morgan fingerprint density at radius 2 is 1.81 bits per heavy atom. The number of aliphatic hydroxyl groups is 1. The Morgan fingerprint density at radius 3 is 2.55 bits per heavy atom. The number of hydrogen-bond donors (Lipinski definition) is 3. The monoisotopic (exact) mass is 567 g/mol. The van der Waals surface area contributed by atoms with Crippen LogP contribution in [0.3, 0.4) is 0 Å². The summed E-state index contributed by atoms with van der Waals surface area (Å²) in [5.74, 6) is 7.98. The molecule has 2 bridgehead atoms. The number of nitrogens with zero attached hydrogens (tertiary/aromatic N) is 6. The molecule has 3 unspecified atom stereocenters. The number of nitrogen functional groups attached to an aromatic ring is 1. The first kappa shape index (κ1) is 28.3. The predicted octanol–water partition coefficient (Wildman–Crippen LogP) is 3.76. The number of aromatic nitrogens is 3. The van der Waals surface area contributed by atoms with Gasteiger partial charge in [-0.3, -0.25) is 4.90 Å².